The summed E-state index contributed by atoms with van der Waals surface area (Å²) >= 11 is 0. The third-order valence-electron chi connectivity index (χ3n) is 7.04. The molecule has 0 fully saturated rings. The minimum absolute atomic E-state index is 0.126. The molecule has 0 radical (unpaired) electrons. The van der Waals surface area contributed by atoms with E-state index in [2.05, 4.69) is 36.4 Å². The topological polar surface area (TPSA) is 91.1 Å². The summed E-state index contributed by atoms with van der Waals surface area (Å²) in [6.45, 7) is 1.89. The Kier molecular flexibility index (Phi) is 8.84. The Morgan fingerprint density at radius 1 is 0.795 bits per heavy atom. The van der Waals surface area contributed by atoms with Crippen molar-refractivity contribution in [1.29, 1.82) is 0 Å². The SMILES string of the molecule is COc1ccc(C(CCCOc2ccc([N+](=O)[O-])c(C(C)O)c2)(c2ccccc2)c2ccc(OC)cc2)cc1. The van der Waals surface area contributed by atoms with Gasteiger partial charge in [-0.05, 0) is 72.9 Å². The molecule has 4 aromatic rings. The minimum Gasteiger partial charge on any atom is -0.497 e. The van der Waals surface area contributed by atoms with Gasteiger partial charge in [-0.1, -0.05) is 54.6 Å². The molecule has 0 spiro atoms. The summed E-state index contributed by atoms with van der Waals surface area (Å²) in [4.78, 5) is 10.8. The Hall–Kier alpha value is -4.36. The summed E-state index contributed by atoms with van der Waals surface area (Å²) in [5, 5.41) is 21.4. The van der Waals surface area contributed by atoms with Crippen molar-refractivity contribution in [2.75, 3.05) is 20.8 Å². The number of benzene rings is 4. The number of aliphatic hydroxyl groups excluding tert-OH is 1. The molecule has 1 N–H and O–H groups in total. The van der Waals surface area contributed by atoms with Crippen molar-refractivity contribution in [2.24, 2.45) is 0 Å². The summed E-state index contributed by atoms with van der Waals surface area (Å²) in [5.41, 5.74) is 3.00. The van der Waals surface area contributed by atoms with E-state index in [1.807, 2.05) is 42.5 Å². The lowest BCUT2D eigenvalue weighted by Crippen LogP contribution is -2.30. The van der Waals surface area contributed by atoms with E-state index in [-0.39, 0.29) is 11.3 Å². The van der Waals surface area contributed by atoms with Gasteiger partial charge >= 0.3 is 0 Å². The molecule has 0 amide bonds. The van der Waals surface area contributed by atoms with Crippen LogP contribution in [0.25, 0.3) is 0 Å². The number of hydrogen-bond acceptors (Lipinski definition) is 6. The van der Waals surface area contributed by atoms with Crippen LogP contribution in [0.2, 0.25) is 0 Å². The number of hydrogen-bond donors (Lipinski definition) is 1. The van der Waals surface area contributed by atoms with Gasteiger partial charge in [-0.3, -0.25) is 10.1 Å². The van der Waals surface area contributed by atoms with E-state index < -0.39 is 16.4 Å². The number of methoxy groups -OCH3 is 2. The second-order valence-electron chi connectivity index (χ2n) is 9.33. The average Bonchev–Trinajstić information content (AvgIpc) is 2.98. The molecule has 0 saturated carbocycles. The highest BCUT2D eigenvalue weighted by atomic mass is 16.6. The third kappa shape index (κ3) is 6.04. The first kappa shape index (κ1) is 27.7. The Morgan fingerprint density at radius 3 is 1.79 bits per heavy atom. The quantitative estimate of drug-likeness (QED) is 0.0937. The van der Waals surface area contributed by atoms with E-state index in [1.165, 1.54) is 13.0 Å². The fourth-order valence-electron chi connectivity index (χ4n) is 5.06. The molecule has 1 unspecified atom stereocenters. The molecule has 4 aromatic carbocycles. The predicted molar refractivity (Wildman–Crippen MR) is 151 cm³/mol. The fraction of sp³-hybridized carbons (Fsp3) is 0.250. The van der Waals surface area contributed by atoms with Crippen LogP contribution in [0.5, 0.6) is 17.2 Å². The smallest absolute Gasteiger partial charge is 0.275 e. The van der Waals surface area contributed by atoms with E-state index in [1.54, 1.807) is 26.4 Å². The maximum atomic E-state index is 11.3. The molecule has 0 aliphatic carbocycles. The van der Waals surface area contributed by atoms with Gasteiger partial charge in [-0.15, -0.1) is 0 Å². The maximum absolute atomic E-state index is 11.3. The molecule has 7 heteroatoms. The van der Waals surface area contributed by atoms with Crippen LogP contribution in [0.4, 0.5) is 5.69 Å². The number of ether oxygens (including phenoxy) is 3. The predicted octanol–water partition coefficient (Wildman–Crippen LogP) is 6.86. The number of nitro groups is 1. The number of nitro benzene ring substituents is 1. The highest BCUT2D eigenvalue weighted by molar-refractivity contribution is 5.52. The summed E-state index contributed by atoms with van der Waals surface area (Å²) in [5.74, 6) is 2.05. The van der Waals surface area contributed by atoms with Crippen molar-refractivity contribution >= 4 is 5.69 Å². The zero-order valence-electron chi connectivity index (χ0n) is 22.4. The van der Waals surface area contributed by atoms with Crippen molar-refractivity contribution < 1.29 is 24.2 Å². The molecule has 0 aliphatic heterocycles. The van der Waals surface area contributed by atoms with Gasteiger partial charge in [0.1, 0.15) is 17.2 Å². The van der Waals surface area contributed by atoms with Crippen LogP contribution in [-0.2, 0) is 5.41 Å². The standard InChI is InChI=1S/C32H33NO6/c1-23(34)30-22-29(18-19-31(30)33(35)36)39-21-7-20-32(24-8-5-4-6-9-24,25-10-14-27(37-2)15-11-25)26-12-16-28(38-3)17-13-26/h4-6,8-19,22-23,34H,7,20-21H2,1-3H3. The second kappa shape index (κ2) is 12.5. The molecular formula is C32H33NO6. The van der Waals surface area contributed by atoms with Gasteiger partial charge in [0.25, 0.3) is 5.69 Å². The number of aliphatic hydroxyl groups is 1. The lowest BCUT2D eigenvalue weighted by molar-refractivity contribution is -0.386. The van der Waals surface area contributed by atoms with Crippen LogP contribution >= 0.6 is 0 Å². The summed E-state index contributed by atoms with van der Waals surface area (Å²) in [7, 11) is 3.31. The largest absolute Gasteiger partial charge is 0.497 e. The molecule has 4 rings (SSSR count). The lowest BCUT2D eigenvalue weighted by Gasteiger charge is -2.36. The Labute approximate surface area is 228 Å². The molecule has 0 aliphatic rings. The molecule has 202 valence electrons. The van der Waals surface area contributed by atoms with E-state index in [4.69, 9.17) is 14.2 Å². The highest BCUT2D eigenvalue weighted by Gasteiger charge is 2.36. The Morgan fingerprint density at radius 2 is 1.31 bits per heavy atom. The highest BCUT2D eigenvalue weighted by Crippen LogP contribution is 2.44. The monoisotopic (exact) mass is 527 g/mol. The first-order valence-electron chi connectivity index (χ1n) is 12.8. The van der Waals surface area contributed by atoms with Gasteiger partial charge in [0.15, 0.2) is 0 Å². The van der Waals surface area contributed by atoms with Gasteiger partial charge in [0.2, 0.25) is 0 Å². The molecular weight excluding hydrogens is 494 g/mol. The second-order valence-corrected chi connectivity index (χ2v) is 9.33. The van der Waals surface area contributed by atoms with Crippen LogP contribution in [0, 0.1) is 10.1 Å². The number of nitrogens with zero attached hydrogens (tertiary/aromatic N) is 1. The van der Waals surface area contributed by atoms with Gasteiger partial charge in [0.05, 0.1) is 37.4 Å². The van der Waals surface area contributed by atoms with Crippen molar-refractivity contribution in [3.63, 3.8) is 0 Å². The van der Waals surface area contributed by atoms with E-state index in [0.29, 0.717) is 18.8 Å². The zero-order chi connectivity index (χ0) is 27.8. The van der Waals surface area contributed by atoms with Gasteiger partial charge in [-0.25, -0.2) is 0 Å². The van der Waals surface area contributed by atoms with E-state index in [0.717, 1.165) is 34.6 Å². The first-order chi connectivity index (χ1) is 18.9. The zero-order valence-corrected chi connectivity index (χ0v) is 22.4. The lowest BCUT2D eigenvalue weighted by atomic mass is 9.67. The van der Waals surface area contributed by atoms with Gasteiger partial charge < -0.3 is 19.3 Å². The normalized spacial score (nSPS) is 12.0. The van der Waals surface area contributed by atoms with Crippen molar-refractivity contribution in [1.82, 2.24) is 0 Å². The van der Waals surface area contributed by atoms with Gasteiger partial charge in [0, 0.05) is 11.5 Å². The molecule has 39 heavy (non-hydrogen) atoms. The molecule has 7 nitrogen and oxygen atoms in total. The van der Waals surface area contributed by atoms with Crippen molar-refractivity contribution in [3.8, 4) is 17.2 Å². The van der Waals surface area contributed by atoms with E-state index >= 15 is 0 Å². The Balaban J connectivity index is 1.68. The van der Waals surface area contributed by atoms with Crippen LogP contribution in [0.3, 0.4) is 0 Å². The molecule has 1 atom stereocenters. The fourth-order valence-corrected chi connectivity index (χ4v) is 5.06. The van der Waals surface area contributed by atoms with Gasteiger partial charge in [-0.2, -0.15) is 0 Å². The maximum Gasteiger partial charge on any atom is 0.275 e. The van der Waals surface area contributed by atoms with Crippen LogP contribution < -0.4 is 14.2 Å². The van der Waals surface area contributed by atoms with Crippen LogP contribution in [-0.4, -0.2) is 30.9 Å². The molecule has 0 bridgehead atoms. The minimum atomic E-state index is -0.982. The first-order valence-corrected chi connectivity index (χ1v) is 12.8. The summed E-state index contributed by atoms with van der Waals surface area (Å²) in [6.07, 6.45) is 0.435. The van der Waals surface area contributed by atoms with Crippen LogP contribution in [0.15, 0.2) is 97.1 Å². The average molecular weight is 528 g/mol. The summed E-state index contributed by atoms with van der Waals surface area (Å²) in [6, 6.07) is 31.2. The van der Waals surface area contributed by atoms with Crippen molar-refractivity contribution in [3.05, 3.63) is 129 Å². The molecule has 0 heterocycles. The van der Waals surface area contributed by atoms with Crippen molar-refractivity contribution in [2.45, 2.75) is 31.3 Å². The molecule has 0 aromatic heterocycles. The Bertz CT molecular complexity index is 1320. The third-order valence-corrected chi connectivity index (χ3v) is 7.04. The summed E-state index contributed by atoms with van der Waals surface area (Å²) < 4.78 is 16.9. The molecule has 0 saturated heterocycles. The van der Waals surface area contributed by atoms with Crippen LogP contribution in [0.1, 0.15) is 48.1 Å². The van der Waals surface area contributed by atoms with E-state index in [9.17, 15) is 15.2 Å². The number of rotatable bonds is 12.